The van der Waals surface area contributed by atoms with Crippen molar-refractivity contribution in [1.82, 2.24) is 10.6 Å². The molecule has 4 atom stereocenters. The normalized spacial score (nSPS) is 31.2. The van der Waals surface area contributed by atoms with Crippen molar-refractivity contribution in [2.45, 2.75) is 61.1 Å². The van der Waals surface area contributed by atoms with Gasteiger partial charge in [0.2, 0.25) is 0 Å². The molecule has 10 heteroatoms. The summed E-state index contributed by atoms with van der Waals surface area (Å²) in [7, 11) is -2.16. The van der Waals surface area contributed by atoms with Gasteiger partial charge in [-0.2, -0.15) is 0 Å². The number of fused-ring (bicyclic) bond motifs is 4. The highest BCUT2D eigenvalue weighted by molar-refractivity contribution is 7.92. The number of aryl methyl sites for hydroxylation is 1. The van der Waals surface area contributed by atoms with Crippen molar-refractivity contribution >= 4 is 32.9 Å². The zero-order valence-corrected chi connectivity index (χ0v) is 26.1. The first-order valence-corrected chi connectivity index (χ1v) is 16.8. The predicted molar refractivity (Wildman–Crippen MR) is 165 cm³/mol. The summed E-state index contributed by atoms with van der Waals surface area (Å²) in [6.45, 7) is 6.52. The number of nitrogens with one attached hydrogen (secondary N) is 2. The molecule has 1 aliphatic carbocycles. The first kappa shape index (κ1) is 29.6. The van der Waals surface area contributed by atoms with E-state index >= 15 is 0 Å². The zero-order valence-electron chi connectivity index (χ0n) is 24.5. The Morgan fingerprint density at radius 1 is 1.17 bits per heavy atom. The Labute approximate surface area is 253 Å². The topological polar surface area (TPSA) is 97.0 Å². The van der Waals surface area contributed by atoms with Gasteiger partial charge in [0.1, 0.15) is 11.5 Å². The Morgan fingerprint density at radius 2 is 2.00 bits per heavy atom. The van der Waals surface area contributed by atoms with Gasteiger partial charge in [-0.1, -0.05) is 29.8 Å². The van der Waals surface area contributed by atoms with Crippen LogP contribution in [0.3, 0.4) is 0 Å². The molecule has 42 heavy (non-hydrogen) atoms. The van der Waals surface area contributed by atoms with Gasteiger partial charge in [-0.15, -0.1) is 0 Å². The van der Waals surface area contributed by atoms with Gasteiger partial charge in [0, 0.05) is 55.7 Å². The second kappa shape index (κ2) is 11.2. The van der Waals surface area contributed by atoms with Crippen molar-refractivity contribution in [1.29, 1.82) is 0 Å². The Morgan fingerprint density at radius 3 is 2.76 bits per heavy atom. The van der Waals surface area contributed by atoms with E-state index in [1.807, 2.05) is 12.1 Å². The number of hydrogen-bond acceptors (Lipinski definition) is 8. The number of anilines is 1. The minimum absolute atomic E-state index is 0.0920. The maximum absolute atomic E-state index is 13.6. The fraction of sp³-hybridized carbons (Fsp3) is 0.531. The summed E-state index contributed by atoms with van der Waals surface area (Å²) in [4.78, 5) is 15.6. The van der Waals surface area contributed by atoms with Gasteiger partial charge >= 0.3 is 0 Å². The molecule has 2 N–H and O–H groups in total. The molecule has 1 fully saturated rings. The number of nitrogens with zero attached hydrogens (tertiary/aromatic N) is 1. The number of sulfone groups is 1. The number of hydrogen-bond donors (Lipinski definition) is 2. The van der Waals surface area contributed by atoms with E-state index in [9.17, 15) is 13.2 Å². The Kier molecular flexibility index (Phi) is 7.94. The van der Waals surface area contributed by atoms with Gasteiger partial charge in [-0.25, -0.2) is 8.42 Å². The lowest BCUT2D eigenvalue weighted by Gasteiger charge is -2.46. The van der Waals surface area contributed by atoms with Crippen LogP contribution in [0.5, 0.6) is 5.75 Å². The highest BCUT2D eigenvalue weighted by atomic mass is 35.5. The molecule has 0 aromatic heterocycles. The first-order chi connectivity index (χ1) is 20.0. The van der Waals surface area contributed by atoms with Crippen LogP contribution in [-0.2, 0) is 31.2 Å². The van der Waals surface area contributed by atoms with Crippen molar-refractivity contribution in [2.24, 2.45) is 5.92 Å². The van der Waals surface area contributed by atoms with Gasteiger partial charge in [0.15, 0.2) is 15.6 Å². The molecule has 0 radical (unpaired) electrons. The van der Waals surface area contributed by atoms with E-state index in [1.165, 1.54) is 11.1 Å². The predicted octanol–water partition coefficient (Wildman–Crippen LogP) is 3.70. The molecule has 4 aliphatic rings. The molecule has 0 saturated carbocycles. The summed E-state index contributed by atoms with van der Waals surface area (Å²) >= 11 is 6.39. The fourth-order valence-electron chi connectivity index (χ4n) is 6.94. The summed E-state index contributed by atoms with van der Waals surface area (Å²) in [5, 5.41) is 7.55. The standard InChI is InChI=1S/C32H40ClN3O5S/c1-31(2)30(37)18-42(38,39)23-9-11-29-27(15-23)36(17-26-24(16-34-26)28(40-3)7-5-13-35-31)19-32(20-41-29)12-4-6-21-14-22(33)8-10-25(21)32/h5,7-11,14-15,24,26,28,34-35H,4,6,12-13,16-20H2,1-3H3/b7-5+/t24-,26+,28+,32+/m1/s1. The second-order valence-corrected chi connectivity index (χ2v) is 15.2. The third kappa shape index (κ3) is 5.50. The van der Waals surface area contributed by atoms with Crippen molar-refractivity contribution in [3.63, 3.8) is 0 Å². The van der Waals surface area contributed by atoms with Crippen molar-refractivity contribution in [3.8, 4) is 5.75 Å². The van der Waals surface area contributed by atoms with Crippen LogP contribution in [0.1, 0.15) is 37.8 Å². The van der Waals surface area contributed by atoms with E-state index in [-0.39, 0.29) is 34.2 Å². The van der Waals surface area contributed by atoms with E-state index in [0.29, 0.717) is 32.0 Å². The second-order valence-electron chi connectivity index (χ2n) is 12.7. The molecule has 3 heterocycles. The van der Waals surface area contributed by atoms with Crippen molar-refractivity contribution in [2.75, 3.05) is 50.5 Å². The Hall–Kier alpha value is -2.43. The van der Waals surface area contributed by atoms with Crippen molar-refractivity contribution < 1.29 is 22.7 Å². The largest absolute Gasteiger partial charge is 0.490 e. The Balaban J connectivity index is 1.45. The molecule has 2 aromatic rings. The number of methoxy groups -OCH3 is 1. The van der Waals surface area contributed by atoms with Crippen LogP contribution in [0.25, 0.3) is 0 Å². The molecule has 3 aliphatic heterocycles. The summed E-state index contributed by atoms with van der Waals surface area (Å²) in [5.74, 6) is -0.0716. The minimum Gasteiger partial charge on any atom is -0.490 e. The summed E-state index contributed by atoms with van der Waals surface area (Å²) in [5.41, 5.74) is 1.95. The van der Waals surface area contributed by atoms with E-state index in [0.717, 1.165) is 36.5 Å². The average Bonchev–Trinajstić information content (AvgIpc) is 3.08. The van der Waals surface area contributed by atoms with Crippen molar-refractivity contribution in [3.05, 3.63) is 64.7 Å². The van der Waals surface area contributed by atoms with E-state index in [2.05, 4.69) is 33.7 Å². The van der Waals surface area contributed by atoms with Crippen LogP contribution < -0.4 is 20.3 Å². The average molecular weight is 614 g/mol. The quantitative estimate of drug-likeness (QED) is 0.470. The molecule has 1 saturated heterocycles. The number of benzene rings is 2. The monoisotopic (exact) mass is 613 g/mol. The number of carbonyl (C=O) groups excluding carboxylic acids is 1. The lowest BCUT2D eigenvalue weighted by molar-refractivity contribution is -0.121. The number of rotatable bonds is 1. The van der Waals surface area contributed by atoms with Crippen LogP contribution in [0.2, 0.25) is 5.02 Å². The number of ether oxygens (including phenoxy) is 2. The lowest BCUT2D eigenvalue weighted by atomic mass is 9.70. The van der Waals surface area contributed by atoms with Crippen LogP contribution in [0.15, 0.2) is 53.4 Å². The van der Waals surface area contributed by atoms with Crippen LogP contribution in [0.4, 0.5) is 5.69 Å². The van der Waals surface area contributed by atoms with Crippen LogP contribution in [0, 0.1) is 5.92 Å². The van der Waals surface area contributed by atoms with Gasteiger partial charge in [0.05, 0.1) is 28.8 Å². The number of ketones is 1. The third-order valence-corrected chi connectivity index (χ3v) is 11.5. The summed E-state index contributed by atoms with van der Waals surface area (Å²) < 4.78 is 39.7. The van der Waals surface area contributed by atoms with Gasteiger partial charge in [0.25, 0.3) is 0 Å². The van der Waals surface area contributed by atoms with Gasteiger partial charge in [-0.05, 0) is 74.6 Å². The Bertz CT molecular complexity index is 1510. The maximum atomic E-state index is 13.6. The van der Waals surface area contributed by atoms with E-state index in [1.54, 1.807) is 39.2 Å². The molecule has 226 valence electrons. The lowest BCUT2D eigenvalue weighted by Crippen LogP contribution is -2.62. The highest BCUT2D eigenvalue weighted by Gasteiger charge is 2.44. The van der Waals surface area contributed by atoms with E-state index < -0.39 is 21.1 Å². The SMILES string of the molecule is CO[C@H]1/C=C/CNC(C)(C)C(=O)CS(=O)(=O)c2ccc3c(c2)N(C[C@@H]2NC[C@H]21)C[C@@]1(CCCc2cc(Cl)ccc21)CO3. The first-order valence-electron chi connectivity index (χ1n) is 14.8. The molecular formula is C32H40ClN3O5S. The van der Waals surface area contributed by atoms with Crippen LogP contribution >= 0.6 is 11.6 Å². The maximum Gasteiger partial charge on any atom is 0.185 e. The molecule has 1 spiro atoms. The zero-order chi connectivity index (χ0) is 29.7. The third-order valence-electron chi connectivity index (χ3n) is 9.62. The molecule has 6 rings (SSSR count). The van der Waals surface area contributed by atoms with Gasteiger partial charge in [-0.3, -0.25) is 4.79 Å². The molecule has 2 aromatic carbocycles. The fourth-order valence-corrected chi connectivity index (χ4v) is 8.57. The minimum atomic E-state index is -3.89. The number of carbonyl (C=O) groups is 1. The molecule has 0 amide bonds. The molecule has 2 bridgehead atoms. The molecule has 0 unspecified atom stereocenters. The molecular weight excluding hydrogens is 574 g/mol. The summed E-state index contributed by atoms with van der Waals surface area (Å²) in [6, 6.07) is 11.3. The summed E-state index contributed by atoms with van der Waals surface area (Å²) in [6.07, 6.45) is 6.88. The number of halogens is 1. The number of Topliss-reactive ketones (excluding diaryl/α,β-unsaturated/α-hetero) is 1. The van der Waals surface area contributed by atoms with Crippen LogP contribution in [-0.4, -0.2) is 77.5 Å². The van der Waals surface area contributed by atoms with Gasteiger partial charge < -0.3 is 25.0 Å². The molecule has 8 nitrogen and oxygen atoms in total. The van der Waals surface area contributed by atoms with E-state index in [4.69, 9.17) is 21.1 Å². The smallest absolute Gasteiger partial charge is 0.185 e. The highest BCUT2D eigenvalue weighted by Crippen LogP contribution is 2.45.